The third-order valence-electron chi connectivity index (χ3n) is 2.64. The van der Waals surface area contributed by atoms with Crippen LogP contribution in [0, 0.1) is 0 Å². The van der Waals surface area contributed by atoms with Crippen molar-refractivity contribution in [3.05, 3.63) is 34.3 Å². The van der Waals surface area contributed by atoms with Crippen molar-refractivity contribution in [3.63, 3.8) is 0 Å². The first-order valence-electron chi connectivity index (χ1n) is 4.83. The SMILES string of the molecule is Brc1ccccc1CNC1CCC1. The van der Waals surface area contributed by atoms with Crippen LogP contribution in [-0.2, 0) is 6.54 Å². The van der Waals surface area contributed by atoms with Gasteiger partial charge in [-0.2, -0.15) is 0 Å². The van der Waals surface area contributed by atoms with Gasteiger partial charge >= 0.3 is 0 Å². The Bertz CT molecular complexity index is 281. The Kier molecular flexibility index (Phi) is 3.01. The molecule has 2 rings (SSSR count). The molecular weight excluding hydrogens is 226 g/mol. The first-order valence-corrected chi connectivity index (χ1v) is 5.62. The highest BCUT2D eigenvalue weighted by Crippen LogP contribution is 2.20. The molecule has 0 amide bonds. The molecule has 0 aliphatic heterocycles. The third kappa shape index (κ3) is 2.32. The molecule has 1 aromatic rings. The van der Waals surface area contributed by atoms with E-state index in [1.807, 2.05) is 0 Å². The van der Waals surface area contributed by atoms with Crippen molar-refractivity contribution >= 4 is 15.9 Å². The van der Waals surface area contributed by atoms with Crippen molar-refractivity contribution in [2.45, 2.75) is 31.8 Å². The second-order valence-corrected chi connectivity index (χ2v) is 4.45. The van der Waals surface area contributed by atoms with Crippen LogP contribution >= 0.6 is 15.9 Å². The lowest BCUT2D eigenvalue weighted by Crippen LogP contribution is -2.34. The largest absolute Gasteiger partial charge is 0.310 e. The van der Waals surface area contributed by atoms with Crippen molar-refractivity contribution < 1.29 is 0 Å². The Hall–Kier alpha value is -0.340. The van der Waals surface area contributed by atoms with Gasteiger partial charge in [-0.3, -0.25) is 0 Å². The molecule has 0 heterocycles. The first-order chi connectivity index (χ1) is 6.36. The van der Waals surface area contributed by atoms with E-state index in [0.29, 0.717) is 0 Å². The fourth-order valence-corrected chi connectivity index (χ4v) is 1.93. The van der Waals surface area contributed by atoms with Crippen LogP contribution < -0.4 is 5.32 Å². The van der Waals surface area contributed by atoms with Crippen LogP contribution in [-0.4, -0.2) is 6.04 Å². The van der Waals surface area contributed by atoms with E-state index in [1.54, 1.807) is 0 Å². The Balaban J connectivity index is 1.89. The molecule has 13 heavy (non-hydrogen) atoms. The van der Waals surface area contributed by atoms with Gasteiger partial charge in [-0.1, -0.05) is 40.5 Å². The Labute approximate surface area is 87.7 Å². The van der Waals surface area contributed by atoms with Gasteiger partial charge in [-0.05, 0) is 24.5 Å². The van der Waals surface area contributed by atoms with Gasteiger partial charge in [0.2, 0.25) is 0 Å². The Morgan fingerprint density at radius 2 is 2.08 bits per heavy atom. The van der Waals surface area contributed by atoms with Crippen molar-refractivity contribution in [1.82, 2.24) is 5.32 Å². The highest BCUT2D eigenvalue weighted by Gasteiger charge is 2.16. The number of rotatable bonds is 3. The molecule has 1 fully saturated rings. The highest BCUT2D eigenvalue weighted by molar-refractivity contribution is 9.10. The predicted octanol–water partition coefficient (Wildman–Crippen LogP) is 3.09. The maximum atomic E-state index is 3.55. The van der Waals surface area contributed by atoms with Crippen LogP contribution in [0.3, 0.4) is 0 Å². The molecule has 1 saturated carbocycles. The first kappa shape index (κ1) is 9.22. The monoisotopic (exact) mass is 239 g/mol. The van der Waals surface area contributed by atoms with Gasteiger partial charge in [0, 0.05) is 17.1 Å². The summed E-state index contributed by atoms with van der Waals surface area (Å²) in [5.74, 6) is 0. The zero-order valence-corrected chi connectivity index (χ0v) is 9.18. The molecule has 1 aromatic carbocycles. The van der Waals surface area contributed by atoms with Gasteiger partial charge in [0.15, 0.2) is 0 Å². The normalized spacial score (nSPS) is 17.0. The lowest BCUT2D eigenvalue weighted by molar-refractivity contribution is 0.338. The standard InChI is InChI=1S/C11H14BrN/c12-11-7-2-1-4-9(11)8-13-10-5-3-6-10/h1-2,4,7,10,13H,3,5-6,8H2. The average Bonchev–Trinajstić information content (AvgIpc) is 2.05. The quantitative estimate of drug-likeness (QED) is 0.856. The van der Waals surface area contributed by atoms with Gasteiger partial charge < -0.3 is 5.32 Å². The highest BCUT2D eigenvalue weighted by atomic mass is 79.9. The third-order valence-corrected chi connectivity index (χ3v) is 3.42. The molecule has 1 nitrogen and oxygen atoms in total. The summed E-state index contributed by atoms with van der Waals surface area (Å²) in [5, 5.41) is 3.55. The maximum absolute atomic E-state index is 3.55. The van der Waals surface area contributed by atoms with Crippen LogP contribution in [0.25, 0.3) is 0 Å². The minimum absolute atomic E-state index is 0.770. The summed E-state index contributed by atoms with van der Waals surface area (Å²) in [6.07, 6.45) is 4.10. The Morgan fingerprint density at radius 1 is 1.31 bits per heavy atom. The number of nitrogens with one attached hydrogen (secondary N) is 1. The second kappa shape index (κ2) is 4.25. The lowest BCUT2D eigenvalue weighted by atomic mass is 9.93. The van der Waals surface area contributed by atoms with Gasteiger partial charge in [0.05, 0.1) is 0 Å². The fourth-order valence-electron chi connectivity index (χ4n) is 1.51. The lowest BCUT2D eigenvalue weighted by Gasteiger charge is -2.26. The minimum atomic E-state index is 0.770. The van der Waals surface area contributed by atoms with Gasteiger partial charge in [0.1, 0.15) is 0 Å². The van der Waals surface area contributed by atoms with Crippen molar-refractivity contribution in [3.8, 4) is 0 Å². The fraction of sp³-hybridized carbons (Fsp3) is 0.455. The van der Waals surface area contributed by atoms with Crippen LogP contribution in [0.1, 0.15) is 24.8 Å². The molecule has 0 bridgehead atoms. The molecule has 2 heteroatoms. The Morgan fingerprint density at radius 3 is 2.69 bits per heavy atom. The molecule has 0 spiro atoms. The molecule has 1 aliphatic carbocycles. The van der Waals surface area contributed by atoms with Crippen molar-refractivity contribution in [1.29, 1.82) is 0 Å². The molecule has 1 aliphatic rings. The number of halogens is 1. The van der Waals surface area contributed by atoms with E-state index in [1.165, 1.54) is 29.3 Å². The van der Waals surface area contributed by atoms with E-state index in [9.17, 15) is 0 Å². The maximum Gasteiger partial charge on any atom is 0.0220 e. The molecular formula is C11H14BrN. The van der Waals surface area contributed by atoms with Crippen LogP contribution in [0.2, 0.25) is 0 Å². The molecule has 0 unspecified atom stereocenters. The zero-order chi connectivity index (χ0) is 9.10. The zero-order valence-electron chi connectivity index (χ0n) is 7.59. The van der Waals surface area contributed by atoms with Crippen LogP contribution in [0.5, 0.6) is 0 Å². The van der Waals surface area contributed by atoms with Crippen molar-refractivity contribution in [2.24, 2.45) is 0 Å². The van der Waals surface area contributed by atoms with Crippen molar-refractivity contribution in [2.75, 3.05) is 0 Å². The molecule has 1 N–H and O–H groups in total. The molecule has 0 atom stereocenters. The topological polar surface area (TPSA) is 12.0 Å². The summed E-state index contributed by atoms with van der Waals surface area (Å²) in [5.41, 5.74) is 1.36. The van der Waals surface area contributed by atoms with E-state index in [2.05, 4.69) is 45.5 Å². The second-order valence-electron chi connectivity index (χ2n) is 3.60. The van der Waals surface area contributed by atoms with Crippen LogP contribution in [0.4, 0.5) is 0 Å². The summed E-state index contributed by atoms with van der Waals surface area (Å²) in [4.78, 5) is 0. The van der Waals surface area contributed by atoms with E-state index < -0.39 is 0 Å². The molecule has 70 valence electrons. The minimum Gasteiger partial charge on any atom is -0.310 e. The predicted molar refractivity (Wildman–Crippen MR) is 58.6 cm³/mol. The molecule has 0 saturated heterocycles. The van der Waals surface area contributed by atoms with E-state index in [4.69, 9.17) is 0 Å². The summed E-state index contributed by atoms with van der Waals surface area (Å²) >= 11 is 3.55. The number of hydrogen-bond donors (Lipinski definition) is 1. The van der Waals surface area contributed by atoms with E-state index >= 15 is 0 Å². The summed E-state index contributed by atoms with van der Waals surface area (Å²) in [6, 6.07) is 9.17. The van der Waals surface area contributed by atoms with Gasteiger partial charge in [-0.25, -0.2) is 0 Å². The number of hydrogen-bond acceptors (Lipinski definition) is 1. The van der Waals surface area contributed by atoms with Crippen LogP contribution in [0.15, 0.2) is 28.7 Å². The van der Waals surface area contributed by atoms with E-state index in [-0.39, 0.29) is 0 Å². The van der Waals surface area contributed by atoms with E-state index in [0.717, 1.165) is 12.6 Å². The van der Waals surface area contributed by atoms with Gasteiger partial charge in [0.25, 0.3) is 0 Å². The summed E-state index contributed by atoms with van der Waals surface area (Å²) < 4.78 is 1.21. The average molecular weight is 240 g/mol. The molecule has 0 aromatic heterocycles. The summed E-state index contributed by atoms with van der Waals surface area (Å²) in [6.45, 7) is 0.992. The molecule has 0 radical (unpaired) electrons. The smallest absolute Gasteiger partial charge is 0.0220 e. The van der Waals surface area contributed by atoms with Gasteiger partial charge in [-0.15, -0.1) is 0 Å². The summed E-state index contributed by atoms with van der Waals surface area (Å²) in [7, 11) is 0. The number of benzene rings is 1.